The first-order chi connectivity index (χ1) is 17.8. The maximum Gasteiger partial charge on any atom is 0.392 e. The number of rotatable bonds is 7. The van der Waals surface area contributed by atoms with Crippen molar-refractivity contribution in [3.8, 4) is 22.9 Å². The van der Waals surface area contributed by atoms with E-state index in [4.69, 9.17) is 9.47 Å². The molecule has 0 atom stereocenters. The highest BCUT2D eigenvalue weighted by molar-refractivity contribution is 5.96. The monoisotopic (exact) mass is 508 g/mol. The minimum absolute atomic E-state index is 0.103. The van der Waals surface area contributed by atoms with Gasteiger partial charge in [0.1, 0.15) is 22.7 Å². The van der Waals surface area contributed by atoms with Crippen LogP contribution >= 0.6 is 0 Å². The predicted octanol–water partition coefficient (Wildman–Crippen LogP) is 4.78. The molecule has 0 spiro atoms. The van der Waals surface area contributed by atoms with Gasteiger partial charge in [0.15, 0.2) is 11.5 Å². The zero-order valence-corrected chi connectivity index (χ0v) is 19.4. The van der Waals surface area contributed by atoms with Gasteiger partial charge >= 0.3 is 6.18 Å². The van der Waals surface area contributed by atoms with E-state index in [-0.39, 0.29) is 22.9 Å². The fourth-order valence-electron chi connectivity index (χ4n) is 3.61. The van der Waals surface area contributed by atoms with Crippen molar-refractivity contribution >= 4 is 28.2 Å². The van der Waals surface area contributed by atoms with Gasteiger partial charge in [-0.05, 0) is 48.5 Å². The number of aromatic nitrogens is 5. The second-order valence-corrected chi connectivity index (χ2v) is 7.87. The van der Waals surface area contributed by atoms with Crippen LogP contribution in [0.2, 0.25) is 0 Å². The van der Waals surface area contributed by atoms with Gasteiger partial charge in [-0.3, -0.25) is 4.79 Å². The number of ether oxygens (including phenoxy) is 2. The summed E-state index contributed by atoms with van der Waals surface area (Å²) in [6.07, 6.45) is -4.12. The van der Waals surface area contributed by atoms with E-state index in [1.54, 1.807) is 55.6 Å². The summed E-state index contributed by atoms with van der Waals surface area (Å²) in [5.41, 5.74) is 0.896. The third-order valence-electron chi connectivity index (χ3n) is 5.39. The lowest BCUT2D eigenvalue weighted by Gasteiger charge is -2.12. The van der Waals surface area contributed by atoms with Gasteiger partial charge in [0, 0.05) is 17.1 Å². The standard InChI is InChI=1S/C25H19F3N6O3/c1-36-16-10-8-15(9-11-16)21-32-22-17-5-4-7-19(37-14-12-25(26,27)28)20(17)31-24(34(22)33-21)30-18-6-2-3-13-29-23(18)35/h2-11,13H,12,14H2,1H3,(H,29,30,31,35). The number of nitrogens with one attached hydrogen (secondary N) is 1. The number of anilines is 2. The van der Waals surface area contributed by atoms with Gasteiger partial charge in [0.05, 0.1) is 20.1 Å². The summed E-state index contributed by atoms with van der Waals surface area (Å²) in [4.78, 5) is 25.5. The average Bonchev–Trinajstić information content (AvgIpc) is 3.23. The van der Waals surface area contributed by atoms with Crippen molar-refractivity contribution in [2.24, 2.45) is 0 Å². The van der Waals surface area contributed by atoms with Crippen LogP contribution in [0.4, 0.5) is 24.8 Å². The van der Waals surface area contributed by atoms with Crippen LogP contribution in [0, 0.1) is 0 Å². The third kappa shape index (κ3) is 5.13. The van der Waals surface area contributed by atoms with Crippen molar-refractivity contribution in [2.45, 2.75) is 12.6 Å². The molecule has 37 heavy (non-hydrogen) atoms. The number of alkyl halides is 3. The molecule has 0 fully saturated rings. The number of nitrogens with zero attached hydrogens (tertiary/aromatic N) is 5. The number of hydrogen-bond acceptors (Lipinski definition) is 8. The Morgan fingerprint density at radius 2 is 1.81 bits per heavy atom. The molecule has 0 saturated heterocycles. The molecule has 0 aliphatic heterocycles. The largest absolute Gasteiger partial charge is 0.497 e. The molecule has 3 heterocycles. The second-order valence-electron chi connectivity index (χ2n) is 7.87. The van der Waals surface area contributed by atoms with Crippen LogP contribution < -0.4 is 20.3 Å². The van der Waals surface area contributed by atoms with Gasteiger partial charge in [0.25, 0.3) is 5.56 Å². The summed E-state index contributed by atoms with van der Waals surface area (Å²) in [5, 5.41) is 8.02. The number of hydrogen-bond donors (Lipinski definition) is 1. The first-order valence-electron chi connectivity index (χ1n) is 11.1. The van der Waals surface area contributed by atoms with Crippen molar-refractivity contribution in [3.05, 3.63) is 77.2 Å². The van der Waals surface area contributed by atoms with Gasteiger partial charge in [0.2, 0.25) is 5.95 Å². The van der Waals surface area contributed by atoms with Crippen LogP contribution in [0.3, 0.4) is 0 Å². The minimum Gasteiger partial charge on any atom is -0.497 e. The molecule has 3 aromatic heterocycles. The minimum atomic E-state index is -4.36. The van der Waals surface area contributed by atoms with Gasteiger partial charge in [-0.2, -0.15) is 17.7 Å². The molecule has 12 heteroatoms. The fraction of sp³-hybridized carbons (Fsp3) is 0.160. The van der Waals surface area contributed by atoms with Gasteiger partial charge in [-0.15, -0.1) is 5.10 Å². The van der Waals surface area contributed by atoms with E-state index < -0.39 is 24.8 Å². The number of fused-ring (bicyclic) bond motifs is 3. The molecule has 0 aliphatic carbocycles. The second kappa shape index (κ2) is 9.72. The van der Waals surface area contributed by atoms with Crippen molar-refractivity contribution in [3.63, 3.8) is 0 Å². The number of para-hydroxylation sites is 1. The van der Waals surface area contributed by atoms with Gasteiger partial charge < -0.3 is 14.8 Å². The van der Waals surface area contributed by atoms with E-state index in [2.05, 4.69) is 25.4 Å². The summed E-state index contributed by atoms with van der Waals surface area (Å²) >= 11 is 0. The Morgan fingerprint density at radius 1 is 1.00 bits per heavy atom. The maximum atomic E-state index is 12.7. The molecule has 2 aromatic carbocycles. The zero-order chi connectivity index (χ0) is 26.0. The lowest BCUT2D eigenvalue weighted by Crippen LogP contribution is -2.14. The Morgan fingerprint density at radius 3 is 2.57 bits per heavy atom. The van der Waals surface area contributed by atoms with Crippen molar-refractivity contribution in [1.82, 2.24) is 24.6 Å². The van der Waals surface area contributed by atoms with Crippen LogP contribution in [-0.4, -0.2) is 44.5 Å². The lowest BCUT2D eigenvalue weighted by molar-refractivity contribution is -0.139. The maximum absolute atomic E-state index is 12.7. The molecule has 0 saturated carbocycles. The van der Waals surface area contributed by atoms with E-state index in [9.17, 15) is 18.0 Å². The first-order valence-corrected chi connectivity index (χ1v) is 11.1. The SMILES string of the molecule is COc1ccc(-c2nc3c4cccc(OCCC(F)(F)F)c4nc(Nc4ccccnc4=O)n3n2)cc1. The third-order valence-corrected chi connectivity index (χ3v) is 5.39. The van der Waals surface area contributed by atoms with Crippen LogP contribution in [0.15, 0.2) is 71.7 Å². The number of methoxy groups -OCH3 is 1. The Labute approximate surface area is 207 Å². The molecule has 1 N–H and O–H groups in total. The molecule has 0 unspecified atom stereocenters. The highest BCUT2D eigenvalue weighted by atomic mass is 19.4. The topological polar surface area (TPSA) is 104 Å². The van der Waals surface area contributed by atoms with E-state index in [0.717, 1.165) is 0 Å². The van der Waals surface area contributed by atoms with E-state index in [1.165, 1.54) is 22.8 Å². The molecular weight excluding hydrogens is 489 g/mol. The summed E-state index contributed by atoms with van der Waals surface area (Å²) in [6.45, 7) is -0.578. The smallest absolute Gasteiger partial charge is 0.392 e. The molecule has 5 rings (SSSR count). The number of halogens is 3. The Balaban J connectivity index is 1.67. The van der Waals surface area contributed by atoms with Crippen LogP contribution in [0.25, 0.3) is 27.9 Å². The predicted molar refractivity (Wildman–Crippen MR) is 130 cm³/mol. The highest BCUT2D eigenvalue weighted by Gasteiger charge is 2.27. The number of benzene rings is 2. The summed E-state index contributed by atoms with van der Waals surface area (Å²) in [7, 11) is 1.56. The molecule has 0 bridgehead atoms. The molecule has 0 radical (unpaired) electrons. The Bertz CT molecular complexity index is 1640. The average molecular weight is 508 g/mol. The quantitative estimate of drug-likeness (QED) is 0.335. The summed E-state index contributed by atoms with van der Waals surface area (Å²) in [5.74, 6) is 1.27. The van der Waals surface area contributed by atoms with Gasteiger partial charge in [-0.1, -0.05) is 12.1 Å². The Kier molecular flexibility index (Phi) is 6.30. The van der Waals surface area contributed by atoms with Crippen molar-refractivity contribution in [1.29, 1.82) is 0 Å². The molecule has 9 nitrogen and oxygen atoms in total. The van der Waals surface area contributed by atoms with E-state index in [1.807, 2.05) is 0 Å². The van der Waals surface area contributed by atoms with Gasteiger partial charge in [-0.25, -0.2) is 15.0 Å². The van der Waals surface area contributed by atoms with Crippen LogP contribution in [0.5, 0.6) is 11.5 Å². The normalized spacial score (nSPS) is 11.6. The molecule has 0 amide bonds. The Hall–Kier alpha value is -4.74. The highest BCUT2D eigenvalue weighted by Crippen LogP contribution is 2.31. The lowest BCUT2D eigenvalue weighted by atomic mass is 10.2. The fourth-order valence-corrected chi connectivity index (χ4v) is 3.61. The summed E-state index contributed by atoms with van der Waals surface area (Å²) < 4.78 is 50.2. The van der Waals surface area contributed by atoms with E-state index in [0.29, 0.717) is 28.2 Å². The van der Waals surface area contributed by atoms with Crippen LogP contribution in [0.1, 0.15) is 6.42 Å². The van der Waals surface area contributed by atoms with Crippen molar-refractivity contribution < 1.29 is 22.6 Å². The molecule has 188 valence electrons. The molecule has 0 aliphatic rings. The van der Waals surface area contributed by atoms with E-state index >= 15 is 0 Å². The molecular formula is C25H19F3N6O3. The van der Waals surface area contributed by atoms with Crippen molar-refractivity contribution in [2.75, 3.05) is 19.0 Å². The zero-order valence-electron chi connectivity index (χ0n) is 19.4. The molecule has 5 aromatic rings. The first kappa shape index (κ1) is 24.0. The van der Waals surface area contributed by atoms with Crippen LogP contribution in [-0.2, 0) is 0 Å². The summed E-state index contributed by atoms with van der Waals surface area (Å²) in [6, 6.07) is 16.7.